The van der Waals surface area contributed by atoms with Gasteiger partial charge in [-0.2, -0.15) is 0 Å². The summed E-state index contributed by atoms with van der Waals surface area (Å²) < 4.78 is 2.73. The molecule has 0 radical (unpaired) electrons. The molecule has 8 aromatic rings. The molecule has 1 heterocycles. The lowest BCUT2D eigenvalue weighted by Gasteiger charge is -2.20. The van der Waals surface area contributed by atoms with Gasteiger partial charge in [-0.05, 0) is 58.1 Å². The second-order valence-electron chi connectivity index (χ2n) is 12.6. The number of hydrogen-bond acceptors (Lipinski definition) is 10. The minimum Gasteiger partial charge on any atom is -0.504 e. The first-order chi connectivity index (χ1) is 25.9. The van der Waals surface area contributed by atoms with Crippen LogP contribution < -0.4 is 0 Å². The number of phenolic OH excluding ortho intramolecular Hbond substituents is 10. The van der Waals surface area contributed by atoms with Crippen molar-refractivity contribution in [1.82, 2.24) is 4.57 Å². The molecule has 54 heavy (non-hydrogen) atoms. The van der Waals surface area contributed by atoms with Gasteiger partial charge < -0.3 is 55.6 Å². The molecule has 0 saturated heterocycles. The normalized spacial score (nSPS) is 11.4. The van der Waals surface area contributed by atoms with Gasteiger partial charge in [-0.25, -0.2) is 0 Å². The standard InChI is InChI=1S/C42H28BrNO10/c43-27-11-5-3-9-23(27)22-8-2-1-7-21(22)19-13-15-25-24-10-4-6-12-28(24)44(30(25)18-19)29-16-14-20(31-33(45)37(49)41(53)38(50)34(31)46)17-26(29)32-35(47)39(51)42(54)40(52)36(32)48/h1-18,45-54H. The number of nitrogens with zero attached hydrogens (tertiary/aromatic N) is 1. The molecule has 0 amide bonds. The maximum absolute atomic E-state index is 11.2. The molecular weight excluding hydrogens is 758 g/mol. The third kappa shape index (κ3) is 4.95. The lowest BCUT2D eigenvalue weighted by molar-refractivity contribution is 0.330. The lowest BCUT2D eigenvalue weighted by atomic mass is 9.93. The molecule has 7 aromatic carbocycles. The predicted molar refractivity (Wildman–Crippen MR) is 207 cm³/mol. The van der Waals surface area contributed by atoms with Crippen LogP contribution >= 0.6 is 15.9 Å². The molecule has 0 aliphatic rings. The molecule has 8 rings (SSSR count). The highest BCUT2D eigenvalue weighted by Crippen LogP contribution is 2.58. The van der Waals surface area contributed by atoms with Crippen molar-refractivity contribution in [3.8, 4) is 108 Å². The number of aromatic hydroxyl groups is 10. The van der Waals surface area contributed by atoms with Crippen LogP contribution in [0.15, 0.2) is 114 Å². The summed E-state index contributed by atoms with van der Waals surface area (Å²) in [7, 11) is 0. The fourth-order valence-electron chi connectivity index (χ4n) is 7.03. The summed E-state index contributed by atoms with van der Waals surface area (Å²) in [6.07, 6.45) is 0. The Kier molecular flexibility index (Phi) is 7.85. The van der Waals surface area contributed by atoms with Crippen molar-refractivity contribution in [2.24, 2.45) is 0 Å². The first-order valence-corrected chi connectivity index (χ1v) is 17.1. The smallest absolute Gasteiger partial charge is 0.208 e. The van der Waals surface area contributed by atoms with Crippen molar-refractivity contribution in [2.45, 2.75) is 0 Å². The molecule has 268 valence electrons. The zero-order chi connectivity index (χ0) is 38.2. The van der Waals surface area contributed by atoms with Crippen molar-refractivity contribution in [2.75, 3.05) is 0 Å². The Balaban J connectivity index is 1.48. The van der Waals surface area contributed by atoms with Crippen LogP contribution in [-0.2, 0) is 0 Å². The SMILES string of the molecule is Oc1c(O)c(O)c(-c2ccc(-n3c4ccccc4c4ccc(-c5ccccc5-c5ccccc5Br)cc43)c(-c3c(O)c(O)c(O)c(O)c3O)c2)c(O)c1O. The van der Waals surface area contributed by atoms with Gasteiger partial charge in [0.15, 0.2) is 23.0 Å². The molecule has 0 fully saturated rings. The van der Waals surface area contributed by atoms with Gasteiger partial charge in [-0.3, -0.25) is 0 Å². The van der Waals surface area contributed by atoms with Gasteiger partial charge in [0.05, 0.1) is 27.8 Å². The van der Waals surface area contributed by atoms with Crippen LogP contribution in [0.25, 0.3) is 72.0 Å². The second-order valence-corrected chi connectivity index (χ2v) is 13.4. The van der Waals surface area contributed by atoms with Crippen molar-refractivity contribution < 1.29 is 51.1 Å². The number of halogens is 1. The van der Waals surface area contributed by atoms with Crippen molar-refractivity contribution in [3.05, 3.63) is 114 Å². The molecule has 0 spiro atoms. The number of para-hydroxylation sites is 1. The van der Waals surface area contributed by atoms with E-state index < -0.39 is 68.6 Å². The first-order valence-electron chi connectivity index (χ1n) is 16.3. The van der Waals surface area contributed by atoms with Crippen molar-refractivity contribution >= 4 is 37.7 Å². The predicted octanol–water partition coefficient (Wildman–Crippen LogP) is 9.27. The van der Waals surface area contributed by atoms with E-state index in [2.05, 4.69) is 15.9 Å². The topological polar surface area (TPSA) is 207 Å². The van der Waals surface area contributed by atoms with E-state index in [9.17, 15) is 51.1 Å². The van der Waals surface area contributed by atoms with Gasteiger partial charge in [-0.15, -0.1) is 0 Å². The summed E-state index contributed by atoms with van der Waals surface area (Å²) >= 11 is 3.68. The number of phenols is 10. The maximum Gasteiger partial charge on any atom is 0.208 e. The number of benzene rings is 7. The minimum atomic E-state index is -1.18. The van der Waals surface area contributed by atoms with Gasteiger partial charge in [0.2, 0.25) is 34.5 Å². The molecule has 0 bridgehead atoms. The Bertz CT molecular complexity index is 2810. The quantitative estimate of drug-likeness (QED) is 0.0591. The Hall–Kier alpha value is -7.18. The van der Waals surface area contributed by atoms with Crippen LogP contribution in [0.5, 0.6) is 57.5 Å². The van der Waals surface area contributed by atoms with Crippen LogP contribution in [-0.4, -0.2) is 55.6 Å². The summed E-state index contributed by atoms with van der Waals surface area (Å²) in [6, 6.07) is 33.3. The molecule has 0 saturated carbocycles. The average molecular weight is 787 g/mol. The van der Waals surface area contributed by atoms with Crippen LogP contribution in [0.3, 0.4) is 0 Å². The van der Waals surface area contributed by atoms with Gasteiger partial charge in [0.25, 0.3) is 0 Å². The highest BCUT2D eigenvalue weighted by atomic mass is 79.9. The van der Waals surface area contributed by atoms with E-state index in [1.54, 1.807) is 0 Å². The summed E-state index contributed by atoms with van der Waals surface area (Å²) in [5.41, 5.74) is 3.95. The molecule has 0 aliphatic carbocycles. The summed E-state index contributed by atoms with van der Waals surface area (Å²) in [5.74, 6) is -10.9. The van der Waals surface area contributed by atoms with Crippen LogP contribution in [0.4, 0.5) is 0 Å². The molecule has 12 heteroatoms. The second kappa shape index (κ2) is 12.5. The third-order valence-electron chi connectivity index (χ3n) is 9.61. The zero-order valence-corrected chi connectivity index (χ0v) is 29.3. The molecule has 11 nitrogen and oxygen atoms in total. The summed E-state index contributed by atoms with van der Waals surface area (Å²) in [5, 5.41) is 108. The van der Waals surface area contributed by atoms with Crippen molar-refractivity contribution in [1.29, 1.82) is 0 Å². The molecule has 0 aliphatic heterocycles. The number of aromatic nitrogens is 1. The van der Waals surface area contributed by atoms with E-state index in [4.69, 9.17) is 0 Å². The van der Waals surface area contributed by atoms with Crippen LogP contribution in [0.1, 0.15) is 0 Å². The molecule has 1 aromatic heterocycles. The molecule has 0 atom stereocenters. The van der Waals surface area contributed by atoms with Gasteiger partial charge in [0.1, 0.15) is 0 Å². The Morgan fingerprint density at radius 2 is 0.833 bits per heavy atom. The molecule has 0 unspecified atom stereocenters. The monoisotopic (exact) mass is 785 g/mol. The Morgan fingerprint density at radius 1 is 0.352 bits per heavy atom. The largest absolute Gasteiger partial charge is 0.504 e. The van der Waals surface area contributed by atoms with E-state index in [0.717, 1.165) is 37.5 Å². The van der Waals surface area contributed by atoms with E-state index in [1.807, 2.05) is 95.6 Å². The highest BCUT2D eigenvalue weighted by Gasteiger charge is 2.30. The van der Waals surface area contributed by atoms with E-state index in [0.29, 0.717) is 11.0 Å². The van der Waals surface area contributed by atoms with E-state index >= 15 is 0 Å². The minimum absolute atomic E-state index is 0.107. The number of fused-ring (bicyclic) bond motifs is 3. The van der Waals surface area contributed by atoms with E-state index in [1.165, 1.54) is 18.2 Å². The van der Waals surface area contributed by atoms with E-state index in [-0.39, 0.29) is 16.8 Å². The fourth-order valence-corrected chi connectivity index (χ4v) is 7.53. The van der Waals surface area contributed by atoms with Gasteiger partial charge in [-0.1, -0.05) is 94.8 Å². The maximum atomic E-state index is 11.2. The van der Waals surface area contributed by atoms with Crippen LogP contribution in [0, 0.1) is 0 Å². The Labute approximate surface area is 313 Å². The summed E-state index contributed by atoms with van der Waals surface area (Å²) in [6.45, 7) is 0. The van der Waals surface area contributed by atoms with Gasteiger partial charge in [0, 0.05) is 20.8 Å². The zero-order valence-electron chi connectivity index (χ0n) is 27.7. The lowest BCUT2D eigenvalue weighted by Crippen LogP contribution is -1.99. The molecule has 10 N–H and O–H groups in total. The van der Waals surface area contributed by atoms with Crippen LogP contribution in [0.2, 0.25) is 0 Å². The molecular formula is C42H28BrNO10. The third-order valence-corrected chi connectivity index (χ3v) is 10.3. The first kappa shape index (κ1) is 33.9. The van der Waals surface area contributed by atoms with Crippen molar-refractivity contribution in [3.63, 3.8) is 0 Å². The van der Waals surface area contributed by atoms with Gasteiger partial charge >= 0.3 is 0 Å². The number of hydrogen-bond donors (Lipinski definition) is 10. The fraction of sp³-hybridized carbons (Fsp3) is 0. The Morgan fingerprint density at radius 3 is 1.46 bits per heavy atom. The highest BCUT2D eigenvalue weighted by molar-refractivity contribution is 9.10. The number of rotatable bonds is 5. The average Bonchev–Trinajstić information content (AvgIpc) is 3.51. The summed E-state index contributed by atoms with van der Waals surface area (Å²) in [4.78, 5) is 0.